The minimum absolute atomic E-state index is 0.0421. The van der Waals surface area contributed by atoms with Gasteiger partial charge in [-0.05, 0) is 36.8 Å². The van der Waals surface area contributed by atoms with Crippen LogP contribution >= 0.6 is 0 Å². The summed E-state index contributed by atoms with van der Waals surface area (Å²) in [5.74, 6) is 0.142. The number of fused-ring (bicyclic) bond motifs is 6. The molecule has 3 aromatic carbocycles. The Hall–Kier alpha value is -4.42. The minimum Gasteiger partial charge on any atom is -0.462 e. The number of hydrogen-bond donors (Lipinski definition) is 0. The smallest absolute Gasteiger partial charge is 0.358 e. The van der Waals surface area contributed by atoms with Gasteiger partial charge >= 0.3 is 11.7 Å². The van der Waals surface area contributed by atoms with Gasteiger partial charge in [0.25, 0.3) is 5.78 Å². The van der Waals surface area contributed by atoms with Crippen molar-refractivity contribution >= 4 is 28.8 Å². The van der Waals surface area contributed by atoms with Gasteiger partial charge in [-0.1, -0.05) is 18.2 Å². The lowest BCUT2D eigenvalue weighted by Gasteiger charge is -2.35. The second-order valence-electron chi connectivity index (χ2n) is 9.26. The van der Waals surface area contributed by atoms with Gasteiger partial charge in [-0.3, -0.25) is 4.79 Å². The van der Waals surface area contributed by atoms with E-state index in [2.05, 4.69) is 4.79 Å². The lowest BCUT2D eigenvalue weighted by molar-refractivity contribution is -0.0118. The summed E-state index contributed by atoms with van der Waals surface area (Å²) in [6.45, 7) is 1.94. The molecular weight excluding hydrogens is 456 g/mol. The van der Waals surface area contributed by atoms with Crippen LogP contribution in [0, 0.1) is 0 Å². The number of rotatable bonds is 4. The number of nitrogens with zero attached hydrogens (tertiary/aromatic N) is 4. The molecule has 0 N–H and O–H groups in total. The fourth-order valence-electron chi connectivity index (χ4n) is 5.12. The highest BCUT2D eigenvalue weighted by molar-refractivity contribution is 6.52. The molecule has 36 heavy (non-hydrogen) atoms. The highest BCUT2D eigenvalue weighted by Gasteiger charge is 2.62. The van der Waals surface area contributed by atoms with Gasteiger partial charge in [-0.15, -0.1) is 0 Å². The van der Waals surface area contributed by atoms with Crippen LogP contribution in [0.5, 0.6) is 11.5 Å². The van der Waals surface area contributed by atoms with E-state index in [1.165, 1.54) is 6.07 Å². The molecule has 1 aliphatic heterocycles. The van der Waals surface area contributed by atoms with Crippen molar-refractivity contribution in [3.8, 4) is 11.5 Å². The van der Waals surface area contributed by atoms with Crippen LogP contribution in [-0.2, 0) is 10.2 Å². The van der Waals surface area contributed by atoms with Crippen LogP contribution in [0.1, 0.15) is 44.3 Å². The Morgan fingerprint density at radius 1 is 0.917 bits per heavy atom. The Morgan fingerprint density at radius 3 is 1.97 bits per heavy atom. The molecule has 0 aromatic heterocycles. The van der Waals surface area contributed by atoms with Gasteiger partial charge in [-0.2, -0.15) is 4.79 Å². The molecule has 1 spiro atoms. The molecule has 0 bridgehead atoms. The summed E-state index contributed by atoms with van der Waals surface area (Å²) in [6, 6.07) is 16.4. The standard InChI is InChI=1S/C28H26N4O4/c1-6-35-27(34)16-7-10-20-19(13-16)25(33)26(30-29)28(20)21-11-8-17(31(2)3)14-23(21)36-24-15-18(32(4)5)9-12-22(24)28/h7-15H,6H2,1-5H3. The molecule has 1 aliphatic carbocycles. The summed E-state index contributed by atoms with van der Waals surface area (Å²) in [6.07, 6.45) is 0. The van der Waals surface area contributed by atoms with Crippen LogP contribution in [0.2, 0.25) is 0 Å². The monoisotopic (exact) mass is 482 g/mol. The molecule has 0 atom stereocenters. The number of esters is 1. The van der Waals surface area contributed by atoms with Gasteiger partial charge in [0.05, 0.1) is 12.2 Å². The molecule has 182 valence electrons. The second-order valence-corrected chi connectivity index (χ2v) is 9.26. The Labute approximate surface area is 209 Å². The zero-order chi connectivity index (χ0) is 25.8. The number of ether oxygens (including phenoxy) is 2. The van der Waals surface area contributed by atoms with E-state index in [0.29, 0.717) is 33.8 Å². The minimum atomic E-state index is -1.22. The molecule has 1 heterocycles. The quantitative estimate of drug-likeness (QED) is 0.313. The zero-order valence-corrected chi connectivity index (χ0v) is 20.8. The van der Waals surface area contributed by atoms with E-state index >= 15 is 0 Å². The maximum Gasteiger partial charge on any atom is 0.358 e. The topological polar surface area (TPSA) is 95.5 Å². The van der Waals surface area contributed by atoms with E-state index in [-0.39, 0.29) is 17.9 Å². The van der Waals surface area contributed by atoms with E-state index in [0.717, 1.165) is 11.4 Å². The summed E-state index contributed by atoms with van der Waals surface area (Å²) in [5, 5.41) is 0. The summed E-state index contributed by atoms with van der Waals surface area (Å²) < 4.78 is 11.5. The fourth-order valence-corrected chi connectivity index (χ4v) is 5.12. The number of benzene rings is 3. The van der Waals surface area contributed by atoms with Crippen LogP contribution in [0.15, 0.2) is 54.6 Å². The van der Waals surface area contributed by atoms with Crippen LogP contribution in [0.3, 0.4) is 0 Å². The van der Waals surface area contributed by atoms with E-state index in [1.54, 1.807) is 19.1 Å². The van der Waals surface area contributed by atoms with Gasteiger partial charge in [0.1, 0.15) is 11.5 Å². The lowest BCUT2D eigenvalue weighted by atomic mass is 9.67. The van der Waals surface area contributed by atoms with E-state index in [1.807, 2.05) is 74.4 Å². The summed E-state index contributed by atoms with van der Waals surface area (Å²) in [7, 11) is 7.74. The average molecular weight is 483 g/mol. The fraction of sp³-hybridized carbons (Fsp3) is 0.250. The van der Waals surface area contributed by atoms with Crippen molar-refractivity contribution in [3.05, 3.63) is 87.9 Å². The Kier molecular flexibility index (Phi) is 5.42. The first-order valence-electron chi connectivity index (χ1n) is 11.6. The van der Waals surface area contributed by atoms with E-state index in [4.69, 9.17) is 9.47 Å². The molecule has 0 fully saturated rings. The normalized spacial score (nSPS) is 14.4. The molecule has 3 aromatic rings. The highest BCUT2D eigenvalue weighted by Crippen LogP contribution is 2.57. The van der Waals surface area contributed by atoms with Crippen LogP contribution in [0.4, 0.5) is 11.4 Å². The SMILES string of the molecule is CCOC(=O)c1ccc2c(c1)C(=O)C(=[N+]=[N-])C21c2ccc(N(C)C)cc2Oc2cc(N(C)C)ccc21. The molecule has 0 amide bonds. The molecule has 5 rings (SSSR count). The first-order chi connectivity index (χ1) is 17.2. The van der Waals surface area contributed by atoms with Crippen molar-refractivity contribution in [1.82, 2.24) is 0 Å². The maximum atomic E-state index is 13.7. The van der Waals surface area contributed by atoms with Gasteiger partial charge in [-0.25, -0.2) is 4.79 Å². The third kappa shape index (κ3) is 3.15. The Morgan fingerprint density at radius 2 is 1.47 bits per heavy atom. The first kappa shape index (κ1) is 23.3. The Bertz CT molecular complexity index is 1430. The number of hydrogen-bond acceptors (Lipinski definition) is 6. The molecule has 2 aliphatic rings. The van der Waals surface area contributed by atoms with Gasteiger partial charge in [0.15, 0.2) is 5.41 Å². The summed E-state index contributed by atoms with van der Waals surface area (Å²) >= 11 is 0. The molecule has 8 nitrogen and oxygen atoms in total. The number of Topliss-reactive ketones (excluding diaryl/α,β-unsaturated/α-hetero) is 1. The van der Waals surface area contributed by atoms with Crippen molar-refractivity contribution in [3.63, 3.8) is 0 Å². The van der Waals surface area contributed by atoms with Crippen LogP contribution in [0.25, 0.3) is 5.53 Å². The molecule has 0 radical (unpaired) electrons. The number of ketones is 1. The number of carbonyl (C=O) groups excluding carboxylic acids is 2. The number of carbonyl (C=O) groups is 2. The highest BCUT2D eigenvalue weighted by atomic mass is 16.5. The third-order valence-corrected chi connectivity index (χ3v) is 6.84. The molecule has 8 heteroatoms. The average Bonchev–Trinajstić information content (AvgIpc) is 3.11. The lowest BCUT2D eigenvalue weighted by Crippen LogP contribution is -2.40. The van der Waals surface area contributed by atoms with Crippen molar-refractivity contribution in [1.29, 1.82) is 0 Å². The van der Waals surface area contributed by atoms with Crippen LogP contribution in [-0.4, -0.2) is 57.1 Å². The van der Waals surface area contributed by atoms with Crippen molar-refractivity contribution < 1.29 is 23.9 Å². The largest absolute Gasteiger partial charge is 0.462 e. The van der Waals surface area contributed by atoms with E-state index in [9.17, 15) is 15.1 Å². The third-order valence-electron chi connectivity index (χ3n) is 6.84. The van der Waals surface area contributed by atoms with Crippen LogP contribution < -0.4 is 14.5 Å². The first-order valence-corrected chi connectivity index (χ1v) is 11.6. The van der Waals surface area contributed by atoms with Crippen molar-refractivity contribution in [2.45, 2.75) is 12.3 Å². The molecule has 0 saturated heterocycles. The second kappa shape index (κ2) is 8.36. The Balaban J connectivity index is 1.86. The van der Waals surface area contributed by atoms with Gasteiger partial charge < -0.3 is 24.8 Å². The molecule has 0 saturated carbocycles. The van der Waals surface area contributed by atoms with Gasteiger partial charge in [0.2, 0.25) is 0 Å². The molecular formula is C28H26N4O4. The zero-order valence-electron chi connectivity index (χ0n) is 20.8. The summed E-state index contributed by atoms with van der Waals surface area (Å²) in [4.78, 5) is 33.6. The van der Waals surface area contributed by atoms with Crippen molar-refractivity contribution in [2.24, 2.45) is 0 Å². The van der Waals surface area contributed by atoms with Gasteiger partial charge in [0, 0.05) is 68.4 Å². The summed E-state index contributed by atoms with van der Waals surface area (Å²) in [5.41, 5.74) is 13.4. The maximum absolute atomic E-state index is 13.7. The number of anilines is 2. The predicted molar refractivity (Wildman–Crippen MR) is 137 cm³/mol. The predicted octanol–water partition coefficient (Wildman–Crippen LogP) is 4.30. The van der Waals surface area contributed by atoms with Crippen molar-refractivity contribution in [2.75, 3.05) is 44.6 Å². The van der Waals surface area contributed by atoms with E-state index < -0.39 is 17.2 Å². The molecule has 0 unspecified atom stereocenters.